The third kappa shape index (κ3) is 4.42. The van der Waals surface area contributed by atoms with Gasteiger partial charge in [0.05, 0.1) is 12.2 Å². The Kier molecular flexibility index (Phi) is 6.26. The monoisotopic (exact) mass is 354 g/mol. The minimum atomic E-state index is -0.00460. The predicted octanol–water partition coefficient (Wildman–Crippen LogP) is 3.01. The van der Waals surface area contributed by atoms with Crippen molar-refractivity contribution in [3.05, 3.63) is 60.2 Å². The van der Waals surface area contributed by atoms with Crippen molar-refractivity contribution in [2.45, 2.75) is 19.4 Å². The molecule has 138 valence electrons. The van der Waals surface area contributed by atoms with Gasteiger partial charge in [-0.25, -0.2) is 0 Å². The van der Waals surface area contributed by atoms with Gasteiger partial charge in [0.1, 0.15) is 11.5 Å². The molecule has 1 fully saturated rings. The van der Waals surface area contributed by atoms with Crippen LogP contribution in [0.2, 0.25) is 0 Å². The Balaban J connectivity index is 1.74. The minimum Gasteiger partial charge on any atom is -0.457 e. The predicted molar refractivity (Wildman–Crippen MR) is 102 cm³/mol. The quantitative estimate of drug-likeness (QED) is 0.897. The molecule has 0 aliphatic carbocycles. The van der Waals surface area contributed by atoms with Gasteiger partial charge in [0.15, 0.2) is 0 Å². The molecule has 1 amide bonds. The summed E-state index contributed by atoms with van der Waals surface area (Å²) < 4.78 is 5.94. The van der Waals surface area contributed by atoms with Gasteiger partial charge in [-0.2, -0.15) is 0 Å². The van der Waals surface area contributed by atoms with Crippen LogP contribution < -0.4 is 4.74 Å². The lowest BCUT2D eigenvalue weighted by Crippen LogP contribution is -2.39. The molecule has 0 radical (unpaired) electrons. The summed E-state index contributed by atoms with van der Waals surface area (Å²) in [6.07, 6.45) is 0.901. The fraction of sp³-hybridized carbons (Fsp3) is 0.381. The molecule has 5 nitrogen and oxygen atoms in total. The number of benzene rings is 2. The van der Waals surface area contributed by atoms with Crippen molar-refractivity contribution in [2.75, 3.05) is 32.8 Å². The summed E-state index contributed by atoms with van der Waals surface area (Å²) >= 11 is 0. The van der Waals surface area contributed by atoms with Crippen molar-refractivity contribution in [3.63, 3.8) is 0 Å². The third-order valence-corrected chi connectivity index (χ3v) is 4.79. The highest BCUT2D eigenvalue weighted by molar-refractivity contribution is 5.97. The summed E-state index contributed by atoms with van der Waals surface area (Å²) in [5.41, 5.74) is 0.583. The van der Waals surface area contributed by atoms with Crippen molar-refractivity contribution in [1.29, 1.82) is 0 Å². The van der Waals surface area contributed by atoms with Gasteiger partial charge in [0, 0.05) is 32.2 Å². The summed E-state index contributed by atoms with van der Waals surface area (Å²) in [5, 5.41) is 9.37. The lowest BCUT2D eigenvalue weighted by atomic mass is 10.1. The molecule has 1 saturated heterocycles. The number of nitrogens with zero attached hydrogens (tertiary/aromatic N) is 2. The molecule has 0 bridgehead atoms. The first-order valence-electron chi connectivity index (χ1n) is 9.15. The molecule has 0 spiro atoms. The van der Waals surface area contributed by atoms with E-state index in [1.165, 1.54) is 0 Å². The van der Waals surface area contributed by atoms with Gasteiger partial charge in [-0.05, 0) is 37.6 Å². The number of aliphatic hydroxyl groups excluding tert-OH is 1. The van der Waals surface area contributed by atoms with E-state index in [-0.39, 0.29) is 18.6 Å². The van der Waals surface area contributed by atoms with Crippen LogP contribution in [0, 0.1) is 0 Å². The van der Waals surface area contributed by atoms with Crippen LogP contribution in [0.5, 0.6) is 11.5 Å². The highest BCUT2D eigenvalue weighted by Gasteiger charge is 2.24. The second-order valence-corrected chi connectivity index (χ2v) is 6.62. The average Bonchev–Trinajstić information content (AvgIpc) is 2.94. The fourth-order valence-electron chi connectivity index (χ4n) is 3.21. The third-order valence-electron chi connectivity index (χ3n) is 4.79. The zero-order chi connectivity index (χ0) is 18.4. The second-order valence-electron chi connectivity index (χ2n) is 6.62. The van der Waals surface area contributed by atoms with Gasteiger partial charge in [-0.15, -0.1) is 0 Å². The van der Waals surface area contributed by atoms with Crippen molar-refractivity contribution in [3.8, 4) is 11.5 Å². The number of ether oxygens (including phenoxy) is 1. The number of hydrogen-bond donors (Lipinski definition) is 1. The van der Waals surface area contributed by atoms with Gasteiger partial charge in [-0.3, -0.25) is 9.69 Å². The molecule has 1 aliphatic rings. The Morgan fingerprint density at radius 2 is 1.77 bits per heavy atom. The first-order chi connectivity index (χ1) is 12.7. The van der Waals surface area contributed by atoms with Crippen molar-refractivity contribution < 1.29 is 14.6 Å². The lowest BCUT2D eigenvalue weighted by Gasteiger charge is -2.26. The van der Waals surface area contributed by atoms with Crippen LogP contribution in [-0.4, -0.2) is 59.6 Å². The van der Waals surface area contributed by atoms with Crippen LogP contribution in [0.25, 0.3) is 0 Å². The van der Waals surface area contributed by atoms with E-state index < -0.39 is 0 Å². The highest BCUT2D eigenvalue weighted by atomic mass is 16.5. The van der Waals surface area contributed by atoms with Gasteiger partial charge >= 0.3 is 0 Å². The molecule has 2 aromatic rings. The largest absolute Gasteiger partial charge is 0.457 e. The molecule has 0 saturated carbocycles. The Bertz CT molecular complexity index is 720. The highest BCUT2D eigenvalue weighted by Crippen LogP contribution is 2.26. The summed E-state index contributed by atoms with van der Waals surface area (Å²) in [5.74, 6) is 1.29. The van der Waals surface area contributed by atoms with Gasteiger partial charge < -0.3 is 14.7 Å². The maximum absolute atomic E-state index is 13.1. The zero-order valence-corrected chi connectivity index (χ0v) is 15.2. The molecule has 0 aromatic heterocycles. The van der Waals surface area contributed by atoms with E-state index >= 15 is 0 Å². The minimum absolute atomic E-state index is 0.00460. The molecular weight excluding hydrogens is 328 g/mol. The molecule has 26 heavy (non-hydrogen) atoms. The molecule has 0 unspecified atom stereocenters. The van der Waals surface area contributed by atoms with E-state index in [4.69, 9.17) is 4.74 Å². The molecule has 1 aliphatic heterocycles. The number of carbonyl (C=O) groups excluding carboxylic acids is 1. The number of aliphatic hydroxyl groups is 1. The first kappa shape index (κ1) is 18.4. The Hall–Kier alpha value is -2.37. The van der Waals surface area contributed by atoms with Crippen molar-refractivity contribution in [2.24, 2.45) is 0 Å². The topological polar surface area (TPSA) is 53.0 Å². The smallest absolute Gasteiger partial charge is 0.257 e. The van der Waals surface area contributed by atoms with Crippen LogP contribution >= 0.6 is 0 Å². The van der Waals surface area contributed by atoms with Gasteiger partial charge in [-0.1, -0.05) is 30.3 Å². The Morgan fingerprint density at radius 3 is 2.54 bits per heavy atom. The maximum atomic E-state index is 13.1. The molecule has 1 heterocycles. The molecule has 5 heteroatoms. The number of hydrogen-bond acceptors (Lipinski definition) is 4. The molecule has 1 atom stereocenters. The molecule has 2 aromatic carbocycles. The first-order valence-corrected chi connectivity index (χ1v) is 9.15. The SMILES string of the molecule is C[C@H](CO)N1CCCN(C(=O)c2ccccc2Oc2ccccc2)CC1. The van der Waals surface area contributed by atoms with Crippen LogP contribution in [0.15, 0.2) is 54.6 Å². The van der Waals surface area contributed by atoms with Crippen molar-refractivity contribution >= 4 is 5.91 Å². The number of rotatable bonds is 5. The van der Waals surface area contributed by atoms with Crippen LogP contribution in [0.1, 0.15) is 23.7 Å². The normalized spacial score (nSPS) is 16.8. The summed E-state index contributed by atoms with van der Waals surface area (Å²) in [7, 11) is 0. The standard InChI is InChI=1S/C21H26N2O3/c1-17(16-24)22-12-7-13-23(15-14-22)21(25)19-10-5-6-11-20(19)26-18-8-3-2-4-9-18/h2-6,8-11,17,24H,7,12-16H2,1H3/t17-/m1/s1. The van der Waals surface area contributed by atoms with Crippen molar-refractivity contribution in [1.82, 2.24) is 9.80 Å². The van der Waals surface area contributed by atoms with E-state index in [0.717, 1.165) is 19.5 Å². The summed E-state index contributed by atoms with van der Waals surface area (Å²) in [6.45, 7) is 5.20. The summed E-state index contributed by atoms with van der Waals surface area (Å²) in [4.78, 5) is 17.2. The van der Waals surface area contributed by atoms with E-state index in [0.29, 0.717) is 30.2 Å². The average molecular weight is 354 g/mol. The van der Waals surface area contributed by atoms with Gasteiger partial charge in [0.25, 0.3) is 5.91 Å². The van der Waals surface area contributed by atoms with Crippen LogP contribution in [0.4, 0.5) is 0 Å². The molecule has 1 N–H and O–H groups in total. The number of carbonyl (C=O) groups is 1. The lowest BCUT2D eigenvalue weighted by molar-refractivity contribution is 0.0751. The Labute approximate surface area is 154 Å². The van der Waals surface area contributed by atoms with Crippen LogP contribution in [0.3, 0.4) is 0 Å². The Morgan fingerprint density at radius 1 is 1.04 bits per heavy atom. The zero-order valence-electron chi connectivity index (χ0n) is 15.2. The van der Waals surface area contributed by atoms with E-state index in [1.807, 2.05) is 66.4 Å². The number of para-hydroxylation sites is 2. The molecule has 3 rings (SSSR count). The molecular formula is C21H26N2O3. The maximum Gasteiger partial charge on any atom is 0.257 e. The van der Waals surface area contributed by atoms with Crippen LogP contribution in [-0.2, 0) is 0 Å². The van der Waals surface area contributed by atoms with E-state index in [1.54, 1.807) is 0 Å². The van der Waals surface area contributed by atoms with E-state index in [2.05, 4.69) is 4.90 Å². The summed E-state index contributed by atoms with van der Waals surface area (Å²) in [6, 6.07) is 17.0. The van der Waals surface area contributed by atoms with E-state index in [9.17, 15) is 9.90 Å². The number of amides is 1. The van der Waals surface area contributed by atoms with Gasteiger partial charge in [0.2, 0.25) is 0 Å². The fourth-order valence-corrected chi connectivity index (χ4v) is 3.21. The second kappa shape index (κ2) is 8.83.